The third-order valence-corrected chi connectivity index (χ3v) is 4.02. The fraction of sp³-hybridized carbons (Fsp3) is 0.125. The van der Waals surface area contributed by atoms with Gasteiger partial charge >= 0.3 is 0 Å². The zero-order valence-corrected chi connectivity index (χ0v) is 12.5. The Balaban J connectivity index is 1.62. The van der Waals surface area contributed by atoms with E-state index in [2.05, 4.69) is 21.4 Å². The number of aromatic nitrogens is 2. The minimum Gasteiger partial charge on any atom is -0.497 e. The molecule has 0 bridgehead atoms. The van der Waals surface area contributed by atoms with Crippen LogP contribution in [0.4, 0.5) is 0 Å². The van der Waals surface area contributed by atoms with Gasteiger partial charge in [0.1, 0.15) is 5.75 Å². The van der Waals surface area contributed by atoms with Gasteiger partial charge in [-0.25, -0.2) is 4.98 Å². The van der Waals surface area contributed by atoms with Crippen molar-refractivity contribution in [1.29, 1.82) is 0 Å². The van der Waals surface area contributed by atoms with E-state index in [4.69, 9.17) is 4.74 Å². The fourth-order valence-electron chi connectivity index (χ4n) is 1.95. The van der Waals surface area contributed by atoms with E-state index < -0.39 is 0 Å². The van der Waals surface area contributed by atoms with Gasteiger partial charge in [0.25, 0.3) is 0 Å². The molecule has 1 aromatic carbocycles. The van der Waals surface area contributed by atoms with Gasteiger partial charge in [0.2, 0.25) is 0 Å². The van der Waals surface area contributed by atoms with Crippen LogP contribution in [-0.2, 0) is 0 Å². The van der Waals surface area contributed by atoms with Crippen molar-refractivity contribution in [3.63, 3.8) is 0 Å². The second-order valence-corrected chi connectivity index (χ2v) is 5.46. The minimum atomic E-state index is 0.850. The van der Waals surface area contributed by atoms with Crippen molar-refractivity contribution in [3.8, 4) is 17.0 Å². The molecule has 107 valence electrons. The molecule has 2 N–H and O–H groups in total. The van der Waals surface area contributed by atoms with E-state index in [0.717, 1.165) is 27.9 Å². The first kappa shape index (κ1) is 13.8. The zero-order chi connectivity index (χ0) is 14.5. The van der Waals surface area contributed by atoms with Gasteiger partial charge in [0.15, 0.2) is 5.16 Å². The van der Waals surface area contributed by atoms with E-state index in [1.54, 1.807) is 18.9 Å². The van der Waals surface area contributed by atoms with Gasteiger partial charge < -0.3 is 15.0 Å². The first-order chi connectivity index (χ1) is 10.3. The average molecular weight is 298 g/mol. The monoisotopic (exact) mass is 298 g/mol. The molecule has 2 aromatic rings. The predicted molar refractivity (Wildman–Crippen MR) is 86.0 cm³/mol. The average Bonchev–Trinajstić information content (AvgIpc) is 3.03. The summed E-state index contributed by atoms with van der Waals surface area (Å²) in [5.74, 6) is 1.71. The molecule has 1 aromatic heterocycles. The first-order valence-electron chi connectivity index (χ1n) is 6.63. The van der Waals surface area contributed by atoms with Crippen LogP contribution in [0.5, 0.6) is 5.75 Å². The summed E-state index contributed by atoms with van der Waals surface area (Å²) in [6.07, 6.45) is 9.93. The second kappa shape index (κ2) is 6.54. The largest absolute Gasteiger partial charge is 0.497 e. The number of methoxy groups -OCH3 is 1. The lowest BCUT2D eigenvalue weighted by atomic mass is 10.2. The van der Waals surface area contributed by atoms with Crippen molar-refractivity contribution in [2.75, 3.05) is 12.9 Å². The highest BCUT2D eigenvalue weighted by Gasteiger charge is 2.09. The topological polar surface area (TPSA) is 49.9 Å². The van der Waals surface area contributed by atoms with Gasteiger partial charge in [-0.05, 0) is 36.5 Å². The van der Waals surface area contributed by atoms with Crippen molar-refractivity contribution < 1.29 is 4.74 Å². The number of hydrogen-bond acceptors (Lipinski definition) is 4. The van der Waals surface area contributed by atoms with Crippen LogP contribution in [0.3, 0.4) is 0 Å². The van der Waals surface area contributed by atoms with Gasteiger partial charge in [0, 0.05) is 17.5 Å². The van der Waals surface area contributed by atoms with Gasteiger partial charge in [-0.15, -0.1) is 0 Å². The lowest BCUT2D eigenvalue weighted by Crippen LogP contribution is -2.16. The number of nitrogens with zero attached hydrogens (tertiary/aromatic N) is 1. The summed E-state index contributed by atoms with van der Waals surface area (Å²) in [5.41, 5.74) is 2.02. The number of dihydropyridines is 1. The van der Waals surface area contributed by atoms with Crippen LogP contribution < -0.4 is 10.1 Å². The molecule has 0 saturated carbocycles. The Hall–Kier alpha value is -2.14. The molecular formula is C16H16N3OS. The molecule has 0 saturated heterocycles. The molecule has 1 aliphatic rings. The molecule has 0 spiro atoms. The zero-order valence-electron chi connectivity index (χ0n) is 11.7. The van der Waals surface area contributed by atoms with E-state index in [0.29, 0.717) is 0 Å². The number of H-pyrrole nitrogens is 1. The molecule has 3 rings (SSSR count). The van der Waals surface area contributed by atoms with E-state index in [1.165, 1.54) is 6.04 Å². The summed E-state index contributed by atoms with van der Waals surface area (Å²) in [5, 5.41) is 4.13. The normalized spacial score (nSPS) is 14.1. The van der Waals surface area contributed by atoms with Crippen molar-refractivity contribution >= 4 is 11.8 Å². The van der Waals surface area contributed by atoms with Crippen LogP contribution in [0, 0.1) is 6.04 Å². The quantitative estimate of drug-likeness (QED) is 0.831. The van der Waals surface area contributed by atoms with Crippen molar-refractivity contribution in [1.82, 2.24) is 15.3 Å². The van der Waals surface area contributed by atoms with E-state index >= 15 is 0 Å². The number of hydrogen-bond donors (Lipinski definition) is 2. The van der Waals surface area contributed by atoms with Crippen LogP contribution >= 0.6 is 11.8 Å². The number of benzene rings is 1. The summed E-state index contributed by atoms with van der Waals surface area (Å²) >= 11 is 1.67. The minimum absolute atomic E-state index is 0.850. The van der Waals surface area contributed by atoms with Crippen LogP contribution in [0.2, 0.25) is 0 Å². The Bertz CT molecular complexity index is 646. The molecule has 0 atom stereocenters. The molecule has 1 radical (unpaired) electrons. The summed E-state index contributed by atoms with van der Waals surface area (Å²) in [7, 11) is 1.67. The van der Waals surface area contributed by atoms with Gasteiger partial charge in [0.05, 0.1) is 18.8 Å². The summed E-state index contributed by atoms with van der Waals surface area (Å²) < 4.78 is 5.16. The van der Waals surface area contributed by atoms with E-state index in [9.17, 15) is 0 Å². The summed E-state index contributed by atoms with van der Waals surface area (Å²) in [6.45, 7) is 0. The molecule has 2 heterocycles. The first-order valence-corrected chi connectivity index (χ1v) is 7.62. The van der Waals surface area contributed by atoms with Crippen molar-refractivity contribution in [2.45, 2.75) is 5.16 Å². The Morgan fingerprint density at radius 1 is 1.19 bits per heavy atom. The molecule has 4 nitrogen and oxygen atoms in total. The molecule has 1 aliphatic heterocycles. The van der Waals surface area contributed by atoms with Crippen LogP contribution in [-0.4, -0.2) is 22.8 Å². The highest BCUT2D eigenvalue weighted by molar-refractivity contribution is 7.99. The van der Waals surface area contributed by atoms with Crippen LogP contribution in [0.1, 0.15) is 0 Å². The third kappa shape index (κ3) is 3.49. The highest BCUT2D eigenvalue weighted by atomic mass is 32.2. The number of imidazole rings is 1. The Morgan fingerprint density at radius 3 is 2.76 bits per heavy atom. The fourth-order valence-corrected chi connectivity index (χ4v) is 2.73. The summed E-state index contributed by atoms with van der Waals surface area (Å²) in [4.78, 5) is 7.81. The third-order valence-electron chi connectivity index (χ3n) is 3.08. The van der Waals surface area contributed by atoms with E-state index in [-0.39, 0.29) is 0 Å². The number of thioether (sulfide) groups is 1. The summed E-state index contributed by atoms with van der Waals surface area (Å²) in [6, 6.07) is 9.07. The number of ether oxygens (including phenoxy) is 1. The Labute approximate surface area is 128 Å². The van der Waals surface area contributed by atoms with Gasteiger partial charge in [-0.3, -0.25) is 0 Å². The van der Waals surface area contributed by atoms with Gasteiger partial charge in [-0.1, -0.05) is 23.9 Å². The molecule has 0 unspecified atom stereocenters. The molecule has 21 heavy (non-hydrogen) atoms. The molecular weight excluding hydrogens is 282 g/mol. The Morgan fingerprint density at radius 2 is 2.05 bits per heavy atom. The number of allylic oxidation sites excluding steroid dienone is 2. The molecule has 0 amide bonds. The number of aromatic amines is 1. The smallest absolute Gasteiger partial charge is 0.166 e. The van der Waals surface area contributed by atoms with Crippen molar-refractivity contribution in [3.05, 3.63) is 60.9 Å². The van der Waals surface area contributed by atoms with Crippen LogP contribution in [0.15, 0.2) is 60.0 Å². The number of rotatable bonds is 5. The second-order valence-electron chi connectivity index (χ2n) is 4.50. The maximum atomic E-state index is 5.16. The SMILES string of the molecule is COc1ccc(-c2c[nH]c(SC[C]3C=CC=CN3)n2)cc1. The van der Waals surface area contributed by atoms with Crippen molar-refractivity contribution in [2.24, 2.45) is 0 Å². The molecule has 0 fully saturated rings. The predicted octanol–water partition coefficient (Wildman–Crippen LogP) is 3.38. The lowest BCUT2D eigenvalue weighted by molar-refractivity contribution is 0.415. The maximum Gasteiger partial charge on any atom is 0.166 e. The van der Waals surface area contributed by atoms with Gasteiger partial charge in [-0.2, -0.15) is 0 Å². The van der Waals surface area contributed by atoms with Crippen LogP contribution in [0.25, 0.3) is 11.3 Å². The maximum absolute atomic E-state index is 5.16. The molecule has 0 aliphatic carbocycles. The standard InChI is InChI=1S/C16H16N3OS/c1-20-14-7-5-12(6-8-14)15-10-18-16(19-15)21-11-13-4-2-3-9-17-13/h2-10,17H,11H2,1H3,(H,18,19). The van der Waals surface area contributed by atoms with E-state index in [1.807, 2.05) is 48.8 Å². The number of nitrogens with one attached hydrogen (secondary N) is 2. The highest BCUT2D eigenvalue weighted by Crippen LogP contribution is 2.25. The lowest BCUT2D eigenvalue weighted by Gasteiger charge is -2.12. The molecule has 5 heteroatoms. The Kier molecular flexibility index (Phi) is 4.31.